The molecule has 2 aliphatic rings. The van der Waals surface area contributed by atoms with E-state index in [1.807, 2.05) is 49.0 Å². The summed E-state index contributed by atoms with van der Waals surface area (Å²) >= 11 is 0. The van der Waals surface area contributed by atoms with Gasteiger partial charge in [0.05, 0.1) is 17.7 Å². The third-order valence-corrected chi connectivity index (χ3v) is 5.92. The van der Waals surface area contributed by atoms with Gasteiger partial charge in [-0.1, -0.05) is 6.07 Å². The second-order valence-electron chi connectivity index (χ2n) is 8.01. The molecule has 8 heteroatoms. The average molecular weight is 415 g/mol. The molecule has 0 unspecified atom stereocenters. The van der Waals surface area contributed by atoms with Crippen LogP contribution in [0.4, 0.5) is 0 Å². The number of fused-ring (bicyclic) bond motifs is 1. The number of amides is 3. The first-order valence-electron chi connectivity index (χ1n) is 10.1. The van der Waals surface area contributed by atoms with Crippen molar-refractivity contribution < 1.29 is 14.4 Å². The number of rotatable bonds is 3. The van der Waals surface area contributed by atoms with Crippen molar-refractivity contribution in [1.29, 1.82) is 0 Å². The Morgan fingerprint density at radius 1 is 1.06 bits per heavy atom. The number of carbonyl (C=O) groups excluding carboxylic acids is 3. The maximum absolute atomic E-state index is 12.9. The van der Waals surface area contributed by atoms with Crippen molar-refractivity contribution in [2.24, 2.45) is 7.05 Å². The minimum absolute atomic E-state index is 0.181. The van der Waals surface area contributed by atoms with Gasteiger partial charge < -0.3 is 9.47 Å². The molecule has 3 aromatic rings. The molecule has 8 nitrogen and oxygen atoms in total. The van der Waals surface area contributed by atoms with Gasteiger partial charge in [-0.3, -0.25) is 24.7 Å². The van der Waals surface area contributed by atoms with Crippen LogP contribution in [0, 0.1) is 6.92 Å². The van der Waals surface area contributed by atoms with Crippen molar-refractivity contribution in [2.75, 3.05) is 0 Å². The number of nitrogens with one attached hydrogen (secondary N) is 1. The van der Waals surface area contributed by atoms with Crippen LogP contribution in [-0.4, -0.2) is 43.2 Å². The number of nitrogens with zero attached hydrogens (tertiary/aromatic N) is 4. The molecule has 4 heterocycles. The Balaban J connectivity index is 1.49. The maximum Gasteiger partial charge on any atom is 0.255 e. The average Bonchev–Trinajstić information content (AvgIpc) is 3.28. The number of hydrogen-bond donors (Lipinski definition) is 1. The van der Waals surface area contributed by atoms with Gasteiger partial charge in [-0.2, -0.15) is 0 Å². The minimum Gasteiger partial charge on any atom is -0.333 e. The Hall–Kier alpha value is -3.81. The molecule has 1 aromatic carbocycles. The molecule has 0 spiro atoms. The summed E-state index contributed by atoms with van der Waals surface area (Å²) < 4.78 is 1.95. The molecule has 156 valence electrons. The molecule has 1 atom stereocenters. The van der Waals surface area contributed by atoms with Crippen LogP contribution in [0.15, 0.2) is 42.9 Å². The van der Waals surface area contributed by atoms with E-state index in [2.05, 4.69) is 15.3 Å². The topological polar surface area (TPSA) is 97.2 Å². The zero-order valence-electron chi connectivity index (χ0n) is 17.3. The molecule has 2 aliphatic heterocycles. The molecule has 0 aliphatic carbocycles. The number of imide groups is 1. The first kappa shape index (κ1) is 19.2. The van der Waals surface area contributed by atoms with Crippen molar-refractivity contribution in [3.8, 4) is 22.5 Å². The summed E-state index contributed by atoms with van der Waals surface area (Å²) in [5, 5.41) is 2.33. The normalized spacial score (nSPS) is 18.3. The summed E-state index contributed by atoms with van der Waals surface area (Å²) in [6, 6.07) is 9.01. The molecule has 1 N–H and O–H groups in total. The van der Waals surface area contributed by atoms with Gasteiger partial charge in [-0.25, -0.2) is 4.98 Å². The van der Waals surface area contributed by atoms with E-state index in [0.29, 0.717) is 18.5 Å². The highest BCUT2D eigenvalue weighted by Gasteiger charge is 2.39. The van der Waals surface area contributed by atoms with Gasteiger partial charge >= 0.3 is 0 Å². The van der Waals surface area contributed by atoms with Crippen LogP contribution in [0.1, 0.15) is 34.5 Å². The summed E-state index contributed by atoms with van der Waals surface area (Å²) in [4.78, 5) is 47.2. The van der Waals surface area contributed by atoms with Gasteiger partial charge in [-0.05, 0) is 43.2 Å². The Bertz CT molecular complexity index is 1230. The van der Waals surface area contributed by atoms with Crippen LogP contribution < -0.4 is 5.32 Å². The molecule has 1 fully saturated rings. The molecular weight excluding hydrogens is 394 g/mol. The third-order valence-electron chi connectivity index (χ3n) is 5.92. The molecule has 0 saturated carbocycles. The minimum atomic E-state index is -0.620. The molecule has 1 saturated heterocycles. The lowest BCUT2D eigenvalue weighted by atomic mass is 10.0. The smallest absolute Gasteiger partial charge is 0.255 e. The van der Waals surface area contributed by atoms with Gasteiger partial charge in [0.1, 0.15) is 6.04 Å². The van der Waals surface area contributed by atoms with E-state index in [1.165, 1.54) is 0 Å². The zero-order valence-corrected chi connectivity index (χ0v) is 17.3. The first-order chi connectivity index (χ1) is 14.9. The van der Waals surface area contributed by atoms with Gasteiger partial charge in [0.2, 0.25) is 11.8 Å². The van der Waals surface area contributed by atoms with Gasteiger partial charge in [0.15, 0.2) is 0 Å². The second-order valence-corrected chi connectivity index (χ2v) is 8.01. The molecule has 5 rings (SSSR count). The number of carbonyl (C=O) groups is 3. The Labute approximate surface area is 178 Å². The summed E-state index contributed by atoms with van der Waals surface area (Å²) in [7, 11) is 1.94. The van der Waals surface area contributed by atoms with E-state index in [4.69, 9.17) is 0 Å². The highest BCUT2D eigenvalue weighted by molar-refractivity contribution is 6.05. The molecule has 3 amide bonds. The predicted molar refractivity (Wildman–Crippen MR) is 113 cm³/mol. The SMILES string of the molecule is Cc1ccc(-c2c(-c3ccc4c(c3)CN([C@H]3CCC(=O)NC3=O)C4=O)ncn2C)cn1. The van der Waals surface area contributed by atoms with E-state index in [9.17, 15) is 14.4 Å². The van der Waals surface area contributed by atoms with Crippen LogP contribution in [-0.2, 0) is 23.2 Å². The third kappa shape index (κ3) is 3.20. The molecule has 2 aromatic heterocycles. The Morgan fingerprint density at radius 2 is 1.87 bits per heavy atom. The van der Waals surface area contributed by atoms with Crippen molar-refractivity contribution in [3.05, 3.63) is 59.7 Å². The van der Waals surface area contributed by atoms with Crippen LogP contribution in [0.3, 0.4) is 0 Å². The van der Waals surface area contributed by atoms with E-state index in [-0.39, 0.29) is 18.2 Å². The summed E-state index contributed by atoms with van der Waals surface area (Å²) in [5.74, 6) is -0.877. The number of pyridine rings is 1. The Kier molecular flexibility index (Phi) is 4.43. The highest BCUT2D eigenvalue weighted by atomic mass is 16.2. The molecule has 0 bridgehead atoms. The maximum atomic E-state index is 12.9. The summed E-state index contributed by atoms with van der Waals surface area (Å²) in [5.41, 5.74) is 5.99. The fourth-order valence-corrected chi connectivity index (χ4v) is 4.31. The highest BCUT2D eigenvalue weighted by Crippen LogP contribution is 2.34. The van der Waals surface area contributed by atoms with Crippen molar-refractivity contribution in [2.45, 2.75) is 32.4 Å². The lowest BCUT2D eigenvalue weighted by Gasteiger charge is -2.29. The zero-order chi connectivity index (χ0) is 21.7. The number of aryl methyl sites for hydroxylation is 2. The lowest BCUT2D eigenvalue weighted by molar-refractivity contribution is -0.136. The lowest BCUT2D eigenvalue weighted by Crippen LogP contribution is -2.52. The summed E-state index contributed by atoms with van der Waals surface area (Å²) in [6.45, 7) is 2.28. The Morgan fingerprint density at radius 3 is 2.61 bits per heavy atom. The van der Waals surface area contributed by atoms with Gasteiger partial charge in [0, 0.05) is 48.6 Å². The largest absolute Gasteiger partial charge is 0.333 e. The van der Waals surface area contributed by atoms with Gasteiger partial charge in [-0.15, -0.1) is 0 Å². The molecular formula is C23H21N5O3. The standard InChI is InChI=1S/C23H21N5O3/c1-13-3-4-15(10-24-13)21-20(25-12-27(21)2)14-5-6-17-16(9-14)11-28(23(17)31)18-7-8-19(29)26-22(18)30/h3-6,9-10,12,18H,7-8,11H2,1-2H3,(H,26,29,30)/t18-/m0/s1. The predicted octanol–water partition coefficient (Wildman–Crippen LogP) is 2.22. The van der Waals surface area contributed by atoms with E-state index in [0.717, 1.165) is 33.8 Å². The number of aromatic nitrogens is 3. The summed E-state index contributed by atoms with van der Waals surface area (Å²) in [6.07, 6.45) is 4.18. The van der Waals surface area contributed by atoms with Crippen molar-refractivity contribution >= 4 is 17.7 Å². The van der Waals surface area contributed by atoms with Crippen LogP contribution in [0.2, 0.25) is 0 Å². The number of hydrogen-bond acceptors (Lipinski definition) is 5. The van der Waals surface area contributed by atoms with Crippen LogP contribution >= 0.6 is 0 Å². The fraction of sp³-hybridized carbons (Fsp3) is 0.261. The van der Waals surface area contributed by atoms with Crippen molar-refractivity contribution in [3.63, 3.8) is 0 Å². The monoisotopic (exact) mass is 415 g/mol. The molecule has 31 heavy (non-hydrogen) atoms. The van der Waals surface area contributed by atoms with E-state index >= 15 is 0 Å². The number of imidazole rings is 1. The first-order valence-corrected chi connectivity index (χ1v) is 10.1. The van der Waals surface area contributed by atoms with Gasteiger partial charge in [0.25, 0.3) is 5.91 Å². The van der Waals surface area contributed by atoms with Crippen LogP contribution in [0.5, 0.6) is 0 Å². The number of benzene rings is 1. The van der Waals surface area contributed by atoms with E-state index in [1.54, 1.807) is 17.3 Å². The van der Waals surface area contributed by atoms with Crippen LogP contribution in [0.25, 0.3) is 22.5 Å². The fourth-order valence-electron chi connectivity index (χ4n) is 4.31. The number of piperidine rings is 1. The molecule has 0 radical (unpaired) electrons. The van der Waals surface area contributed by atoms with E-state index < -0.39 is 11.9 Å². The second kappa shape index (κ2) is 7.16. The quantitative estimate of drug-likeness (QED) is 0.662. The van der Waals surface area contributed by atoms with Crippen molar-refractivity contribution in [1.82, 2.24) is 24.8 Å².